The standard InChI is InChI=1S/C16H11ClF3N3O3.C2HF3O2/c17-11-8-15(26-16(18,19)20,13-12(14(24)25)21-23-22-13)7-6-10(11)9-4-2-1-3-5-9;3-2(4,5)1(6)7/h1-7H,8H2,(H,24,25)(H,21,22,23);(H,6,7). The Morgan fingerprint density at radius 1 is 1.09 bits per heavy atom. The van der Waals surface area contributed by atoms with E-state index in [1.165, 1.54) is 6.08 Å². The number of hydrogen-bond acceptors (Lipinski definition) is 5. The molecule has 3 N–H and O–H groups in total. The minimum atomic E-state index is -5.08. The molecule has 33 heavy (non-hydrogen) atoms. The Hall–Kier alpha value is -3.39. The molecule has 8 nitrogen and oxygen atoms in total. The van der Waals surface area contributed by atoms with E-state index in [0.29, 0.717) is 11.1 Å². The van der Waals surface area contributed by atoms with E-state index in [4.69, 9.17) is 21.5 Å². The molecule has 1 aliphatic carbocycles. The molecule has 0 fully saturated rings. The van der Waals surface area contributed by atoms with Crippen LogP contribution in [0.2, 0.25) is 0 Å². The van der Waals surface area contributed by atoms with Crippen LogP contribution < -0.4 is 0 Å². The molecule has 2 aromatic rings. The smallest absolute Gasteiger partial charge is 0.476 e. The van der Waals surface area contributed by atoms with Crippen molar-refractivity contribution < 1.29 is 50.9 Å². The first-order valence-electron chi connectivity index (χ1n) is 8.51. The summed E-state index contributed by atoms with van der Waals surface area (Å²) in [6, 6.07) is 8.80. The lowest BCUT2D eigenvalue weighted by atomic mass is 9.85. The highest BCUT2D eigenvalue weighted by Gasteiger charge is 2.49. The van der Waals surface area contributed by atoms with Crippen LogP contribution in [0.5, 0.6) is 0 Å². The average Bonchev–Trinajstić information content (AvgIpc) is 3.18. The van der Waals surface area contributed by atoms with Crippen LogP contribution in [-0.2, 0) is 15.1 Å². The fourth-order valence-corrected chi connectivity index (χ4v) is 3.10. The predicted molar refractivity (Wildman–Crippen MR) is 98.8 cm³/mol. The highest BCUT2D eigenvalue weighted by atomic mass is 35.5. The molecule has 1 unspecified atom stereocenters. The number of ether oxygens (including phenoxy) is 1. The number of carboxylic acids is 2. The maximum atomic E-state index is 13.0. The van der Waals surface area contributed by atoms with Crippen LogP contribution in [0, 0.1) is 0 Å². The largest absolute Gasteiger partial charge is 0.523 e. The van der Waals surface area contributed by atoms with E-state index in [1.54, 1.807) is 30.3 Å². The molecule has 15 heteroatoms. The van der Waals surface area contributed by atoms with Gasteiger partial charge in [0, 0.05) is 11.5 Å². The monoisotopic (exact) mass is 499 g/mol. The van der Waals surface area contributed by atoms with Gasteiger partial charge in [-0.05, 0) is 17.2 Å². The molecule has 0 bridgehead atoms. The Balaban J connectivity index is 0.000000479. The van der Waals surface area contributed by atoms with E-state index in [1.807, 2.05) is 0 Å². The summed E-state index contributed by atoms with van der Waals surface area (Å²) in [6.07, 6.45) is -8.14. The van der Waals surface area contributed by atoms with Gasteiger partial charge in [0.05, 0.1) is 0 Å². The second-order valence-electron chi connectivity index (χ2n) is 6.28. The summed E-state index contributed by atoms with van der Waals surface area (Å²) < 4.78 is 75.1. The van der Waals surface area contributed by atoms with Crippen LogP contribution in [0.3, 0.4) is 0 Å². The number of carbonyl (C=O) groups is 2. The molecular weight excluding hydrogens is 488 g/mol. The Morgan fingerprint density at radius 2 is 1.67 bits per heavy atom. The number of carboxylic acid groups (broad SMARTS) is 2. The number of H-pyrrole nitrogens is 1. The molecule has 1 atom stereocenters. The molecule has 1 aromatic carbocycles. The Labute approximate surface area is 185 Å². The maximum Gasteiger partial charge on any atom is 0.523 e. The molecule has 0 spiro atoms. The van der Waals surface area contributed by atoms with E-state index in [9.17, 15) is 36.2 Å². The van der Waals surface area contributed by atoms with Crippen molar-refractivity contribution in [2.45, 2.75) is 24.6 Å². The van der Waals surface area contributed by atoms with Gasteiger partial charge >= 0.3 is 24.5 Å². The quantitative estimate of drug-likeness (QED) is 0.530. The third kappa shape index (κ3) is 6.55. The second kappa shape index (κ2) is 9.62. The number of aromatic nitrogens is 3. The van der Waals surface area contributed by atoms with Crippen LogP contribution in [0.25, 0.3) is 5.57 Å². The minimum absolute atomic E-state index is 0.0716. The molecule has 0 radical (unpaired) electrons. The Kier molecular flexibility index (Phi) is 7.54. The van der Waals surface area contributed by atoms with Gasteiger partial charge in [-0.1, -0.05) is 53.2 Å². The van der Waals surface area contributed by atoms with Crippen LogP contribution in [0.15, 0.2) is 47.5 Å². The van der Waals surface area contributed by atoms with Crippen molar-refractivity contribution in [3.8, 4) is 0 Å². The number of nitrogens with one attached hydrogen (secondary N) is 1. The van der Waals surface area contributed by atoms with Gasteiger partial charge in [0.1, 0.15) is 11.3 Å². The zero-order chi connectivity index (χ0) is 25.0. The lowest BCUT2D eigenvalue weighted by Crippen LogP contribution is -2.37. The summed E-state index contributed by atoms with van der Waals surface area (Å²) >= 11 is 6.25. The van der Waals surface area contributed by atoms with E-state index in [-0.39, 0.29) is 5.03 Å². The molecule has 1 aromatic heterocycles. The number of alkyl halides is 6. The van der Waals surface area contributed by atoms with Crippen molar-refractivity contribution in [3.05, 3.63) is 64.5 Å². The highest BCUT2D eigenvalue weighted by Crippen LogP contribution is 2.45. The number of aliphatic carboxylic acids is 1. The molecule has 0 saturated carbocycles. The van der Waals surface area contributed by atoms with Gasteiger partial charge in [-0.3, -0.25) is 9.84 Å². The van der Waals surface area contributed by atoms with Gasteiger partial charge in [-0.15, -0.1) is 18.3 Å². The van der Waals surface area contributed by atoms with Crippen molar-refractivity contribution in [1.82, 2.24) is 15.4 Å². The van der Waals surface area contributed by atoms with Gasteiger partial charge in [-0.25, -0.2) is 9.59 Å². The number of aromatic amines is 1. The molecule has 0 amide bonds. The van der Waals surface area contributed by atoms with E-state index in [2.05, 4.69) is 20.1 Å². The molecule has 0 aliphatic heterocycles. The highest BCUT2D eigenvalue weighted by molar-refractivity contribution is 6.33. The first kappa shape index (κ1) is 25.9. The zero-order valence-corrected chi connectivity index (χ0v) is 16.7. The van der Waals surface area contributed by atoms with Gasteiger partial charge < -0.3 is 10.2 Å². The normalized spacial score (nSPS) is 18.5. The number of benzene rings is 1. The predicted octanol–water partition coefficient (Wildman–Crippen LogP) is 4.48. The summed E-state index contributed by atoms with van der Waals surface area (Å²) in [7, 11) is 0. The average molecular weight is 500 g/mol. The number of allylic oxidation sites excluding steroid dienone is 2. The first-order chi connectivity index (χ1) is 15.2. The van der Waals surface area contributed by atoms with Crippen LogP contribution in [-0.4, -0.2) is 50.1 Å². The van der Waals surface area contributed by atoms with Crippen LogP contribution in [0.4, 0.5) is 26.3 Å². The summed E-state index contributed by atoms with van der Waals surface area (Å²) in [4.78, 5) is 20.2. The first-order valence-corrected chi connectivity index (χ1v) is 8.89. The number of aromatic carboxylic acids is 1. The summed E-state index contributed by atoms with van der Waals surface area (Å²) in [6.45, 7) is 0. The van der Waals surface area contributed by atoms with E-state index in [0.717, 1.165) is 6.08 Å². The molecule has 1 aliphatic rings. The van der Waals surface area contributed by atoms with Gasteiger partial charge in [0.25, 0.3) is 0 Å². The van der Waals surface area contributed by atoms with Crippen LogP contribution >= 0.6 is 11.6 Å². The molecular formula is C18H12ClF6N3O5. The summed E-state index contributed by atoms with van der Waals surface area (Å²) in [5.41, 5.74) is -2.15. The number of nitrogens with zero attached hydrogens (tertiary/aromatic N) is 2. The Morgan fingerprint density at radius 3 is 2.12 bits per heavy atom. The van der Waals surface area contributed by atoms with Crippen molar-refractivity contribution in [1.29, 1.82) is 0 Å². The lowest BCUT2D eigenvalue weighted by Gasteiger charge is -2.33. The van der Waals surface area contributed by atoms with Crippen molar-refractivity contribution >= 4 is 29.1 Å². The van der Waals surface area contributed by atoms with E-state index >= 15 is 0 Å². The van der Waals surface area contributed by atoms with Gasteiger partial charge in [0.15, 0.2) is 5.69 Å². The molecule has 1 heterocycles. The Bertz CT molecular complexity index is 1080. The fourth-order valence-electron chi connectivity index (χ4n) is 2.72. The SMILES string of the molecule is O=C(O)C(F)(F)F.O=C(O)c1[nH]nnc1C1(OC(F)(F)F)C=CC(c2ccccc2)=C(Cl)C1. The van der Waals surface area contributed by atoms with E-state index < -0.39 is 47.9 Å². The van der Waals surface area contributed by atoms with Crippen LogP contribution in [0.1, 0.15) is 28.2 Å². The lowest BCUT2D eigenvalue weighted by molar-refractivity contribution is -0.362. The molecule has 3 rings (SSSR count). The maximum absolute atomic E-state index is 13.0. The number of rotatable bonds is 4. The summed E-state index contributed by atoms with van der Waals surface area (Å²) in [5, 5.41) is 25.2. The fraction of sp³-hybridized carbons (Fsp3) is 0.222. The van der Waals surface area contributed by atoms with Gasteiger partial charge in [0.2, 0.25) is 0 Å². The molecule has 178 valence electrons. The summed E-state index contributed by atoms with van der Waals surface area (Å²) in [5.74, 6) is -4.27. The minimum Gasteiger partial charge on any atom is -0.476 e. The van der Waals surface area contributed by atoms with Crippen molar-refractivity contribution in [2.24, 2.45) is 0 Å². The third-order valence-corrected chi connectivity index (χ3v) is 4.35. The zero-order valence-electron chi connectivity index (χ0n) is 15.9. The topological polar surface area (TPSA) is 125 Å². The number of halogens is 7. The second-order valence-corrected chi connectivity index (χ2v) is 6.73. The third-order valence-electron chi connectivity index (χ3n) is 4.02. The van der Waals surface area contributed by atoms with Crippen molar-refractivity contribution in [2.75, 3.05) is 0 Å². The molecule has 0 saturated heterocycles. The van der Waals surface area contributed by atoms with Crippen molar-refractivity contribution in [3.63, 3.8) is 0 Å². The number of hydrogen-bond donors (Lipinski definition) is 3. The van der Waals surface area contributed by atoms with Gasteiger partial charge in [-0.2, -0.15) is 13.2 Å².